The van der Waals surface area contributed by atoms with Crippen molar-refractivity contribution in [2.45, 2.75) is 18.5 Å². The number of non-ortho nitro benzene ring substituents is 1. The number of hydrogen-bond donors (Lipinski definition) is 2. The average Bonchev–Trinajstić information content (AvgIpc) is 3.52. The predicted molar refractivity (Wildman–Crippen MR) is 144 cm³/mol. The smallest absolute Gasteiger partial charge is 0.269 e. The molecule has 10 heteroatoms. The van der Waals surface area contributed by atoms with E-state index in [9.17, 15) is 14.9 Å². The van der Waals surface area contributed by atoms with Crippen LogP contribution in [0.4, 0.5) is 11.4 Å². The first-order valence-corrected chi connectivity index (χ1v) is 12.2. The minimum atomic E-state index is -0.418. The summed E-state index contributed by atoms with van der Waals surface area (Å²) in [5, 5.41) is 18.0. The van der Waals surface area contributed by atoms with Gasteiger partial charge in [-0.1, -0.05) is 24.3 Å². The van der Waals surface area contributed by atoms with Gasteiger partial charge in [-0.3, -0.25) is 19.9 Å². The number of anilines is 1. The summed E-state index contributed by atoms with van der Waals surface area (Å²) < 4.78 is 1.98. The third-order valence-electron chi connectivity index (χ3n) is 6.26. The summed E-state index contributed by atoms with van der Waals surface area (Å²) in [5.74, 6) is -0.111. The number of nitro benzene ring substituents is 1. The molecule has 37 heavy (non-hydrogen) atoms. The number of pyridine rings is 1. The Balaban J connectivity index is 1.45. The molecule has 9 nitrogen and oxygen atoms in total. The van der Waals surface area contributed by atoms with Crippen LogP contribution in [0.1, 0.15) is 29.9 Å². The molecule has 2 N–H and O–H groups in total. The van der Waals surface area contributed by atoms with Crippen LogP contribution in [0, 0.1) is 10.1 Å². The van der Waals surface area contributed by atoms with E-state index in [0.29, 0.717) is 11.7 Å². The fraction of sp³-hybridized carbons (Fsp3) is 0.148. The normalized spacial score (nSPS) is 16.9. The first kappa shape index (κ1) is 24.1. The number of thiocarbonyl (C=S) groups is 1. The van der Waals surface area contributed by atoms with Gasteiger partial charge in [0.25, 0.3) is 5.69 Å². The zero-order valence-corrected chi connectivity index (χ0v) is 20.5. The molecule has 1 fully saturated rings. The number of amides is 1. The number of para-hydroxylation sites is 1. The van der Waals surface area contributed by atoms with Crippen LogP contribution in [0.3, 0.4) is 0 Å². The summed E-state index contributed by atoms with van der Waals surface area (Å²) in [5.41, 5.74) is 3.29. The summed E-state index contributed by atoms with van der Waals surface area (Å²) in [6.07, 6.45) is 3.89. The van der Waals surface area contributed by atoms with E-state index in [1.165, 1.54) is 12.1 Å². The summed E-state index contributed by atoms with van der Waals surface area (Å²) in [6, 6.07) is 24.9. The largest absolute Gasteiger partial charge is 0.352 e. The highest BCUT2D eigenvalue weighted by molar-refractivity contribution is 7.80. The third kappa shape index (κ3) is 5.19. The maximum atomic E-state index is 12.7. The van der Waals surface area contributed by atoms with Crippen molar-refractivity contribution in [1.82, 2.24) is 19.8 Å². The van der Waals surface area contributed by atoms with Crippen LogP contribution < -0.4 is 10.6 Å². The zero-order chi connectivity index (χ0) is 25.8. The van der Waals surface area contributed by atoms with Gasteiger partial charge in [0.15, 0.2) is 5.11 Å². The van der Waals surface area contributed by atoms with Crippen molar-refractivity contribution in [3.05, 3.63) is 119 Å². The van der Waals surface area contributed by atoms with E-state index in [1.54, 1.807) is 18.3 Å². The monoisotopic (exact) mass is 512 g/mol. The van der Waals surface area contributed by atoms with Crippen molar-refractivity contribution >= 4 is 34.6 Å². The van der Waals surface area contributed by atoms with Gasteiger partial charge < -0.3 is 20.1 Å². The second kappa shape index (κ2) is 10.6. The topological polar surface area (TPSA) is 105 Å². The summed E-state index contributed by atoms with van der Waals surface area (Å²) in [7, 11) is 0. The minimum Gasteiger partial charge on any atom is -0.352 e. The SMILES string of the molecule is O=C(CCN1C(=S)N[C@H](c2ccccn2)[C@H]1c1cccn1-c1ccc([N+](=O)[O-])cc1)Nc1ccccc1. The van der Waals surface area contributed by atoms with Crippen molar-refractivity contribution in [2.24, 2.45) is 0 Å². The molecule has 3 heterocycles. The zero-order valence-electron chi connectivity index (χ0n) is 19.7. The Morgan fingerprint density at radius 1 is 1.03 bits per heavy atom. The maximum Gasteiger partial charge on any atom is 0.269 e. The van der Waals surface area contributed by atoms with Gasteiger partial charge in [-0.25, -0.2) is 0 Å². The quantitative estimate of drug-likeness (QED) is 0.199. The molecule has 1 aliphatic rings. The van der Waals surface area contributed by atoms with Crippen molar-refractivity contribution in [2.75, 3.05) is 11.9 Å². The van der Waals surface area contributed by atoms with Gasteiger partial charge in [0, 0.05) is 54.6 Å². The highest BCUT2D eigenvalue weighted by Crippen LogP contribution is 2.39. The molecular formula is C27H24N6O3S. The molecule has 186 valence electrons. The fourth-order valence-electron chi connectivity index (χ4n) is 4.54. The van der Waals surface area contributed by atoms with Gasteiger partial charge >= 0.3 is 0 Å². The number of nitrogens with one attached hydrogen (secondary N) is 2. The molecule has 5 rings (SSSR count). The molecule has 0 radical (unpaired) electrons. The molecule has 4 aromatic rings. The van der Waals surface area contributed by atoms with Gasteiger partial charge in [-0.2, -0.15) is 0 Å². The summed E-state index contributed by atoms with van der Waals surface area (Å²) >= 11 is 5.73. The summed E-state index contributed by atoms with van der Waals surface area (Å²) in [4.78, 5) is 30.0. The van der Waals surface area contributed by atoms with E-state index in [-0.39, 0.29) is 30.1 Å². The molecular weight excluding hydrogens is 488 g/mol. The lowest BCUT2D eigenvalue weighted by atomic mass is 10.0. The number of rotatable bonds is 8. The van der Waals surface area contributed by atoms with Gasteiger partial charge in [-0.05, 0) is 60.7 Å². The third-order valence-corrected chi connectivity index (χ3v) is 6.61. The highest BCUT2D eigenvalue weighted by Gasteiger charge is 2.41. The lowest BCUT2D eigenvalue weighted by Gasteiger charge is -2.28. The van der Waals surface area contributed by atoms with Crippen molar-refractivity contribution in [3.8, 4) is 5.69 Å². The van der Waals surface area contributed by atoms with Crippen molar-refractivity contribution in [1.29, 1.82) is 0 Å². The first-order chi connectivity index (χ1) is 18.0. The molecule has 0 aliphatic carbocycles. The molecule has 0 unspecified atom stereocenters. The number of carbonyl (C=O) groups excluding carboxylic acids is 1. The predicted octanol–water partition coefficient (Wildman–Crippen LogP) is 4.78. The lowest BCUT2D eigenvalue weighted by Crippen LogP contribution is -2.33. The van der Waals surface area contributed by atoms with Gasteiger partial charge in [-0.15, -0.1) is 0 Å². The Morgan fingerprint density at radius 3 is 2.49 bits per heavy atom. The number of benzene rings is 2. The van der Waals surface area contributed by atoms with Crippen LogP contribution in [0.15, 0.2) is 97.3 Å². The fourth-order valence-corrected chi connectivity index (χ4v) is 4.87. The van der Waals surface area contributed by atoms with E-state index in [4.69, 9.17) is 12.2 Å². The van der Waals surface area contributed by atoms with E-state index in [1.807, 2.05) is 76.3 Å². The van der Waals surface area contributed by atoms with E-state index in [0.717, 1.165) is 22.8 Å². The number of carbonyl (C=O) groups is 1. The number of aromatic nitrogens is 2. The Bertz CT molecular complexity index is 1410. The van der Waals surface area contributed by atoms with Crippen LogP contribution in [0.5, 0.6) is 0 Å². The van der Waals surface area contributed by atoms with E-state index in [2.05, 4.69) is 15.6 Å². The van der Waals surface area contributed by atoms with E-state index < -0.39 is 4.92 Å². The molecule has 2 atom stereocenters. The second-order valence-corrected chi connectivity index (χ2v) is 8.95. The Morgan fingerprint density at radius 2 is 1.78 bits per heavy atom. The lowest BCUT2D eigenvalue weighted by molar-refractivity contribution is -0.384. The van der Waals surface area contributed by atoms with Crippen molar-refractivity contribution < 1.29 is 9.72 Å². The number of hydrogen-bond acceptors (Lipinski definition) is 5. The molecule has 0 saturated carbocycles. The average molecular weight is 513 g/mol. The molecule has 0 bridgehead atoms. The molecule has 1 aliphatic heterocycles. The Kier molecular flexibility index (Phi) is 6.91. The van der Waals surface area contributed by atoms with Crippen LogP contribution in [-0.2, 0) is 4.79 Å². The molecule has 2 aromatic carbocycles. The van der Waals surface area contributed by atoms with E-state index >= 15 is 0 Å². The van der Waals surface area contributed by atoms with Crippen LogP contribution >= 0.6 is 12.2 Å². The molecule has 2 aromatic heterocycles. The van der Waals surface area contributed by atoms with Gasteiger partial charge in [0.05, 0.1) is 22.7 Å². The van der Waals surface area contributed by atoms with Gasteiger partial charge in [0.2, 0.25) is 5.91 Å². The second-order valence-electron chi connectivity index (χ2n) is 8.56. The standard InChI is InChI=1S/C27H24N6O3S/c34-24(29-19-7-2-1-3-8-19)15-18-32-26(25(30-27(32)37)22-9-4-5-16-28-22)23-10-6-17-31(23)20-11-13-21(14-12-20)33(35)36/h1-14,16-17,25-26H,15,18H2,(H,29,34)(H,30,37)/t25-,26-/m1/s1. The van der Waals surface area contributed by atoms with Crippen LogP contribution in [0.2, 0.25) is 0 Å². The summed E-state index contributed by atoms with van der Waals surface area (Å²) in [6.45, 7) is 0.393. The first-order valence-electron chi connectivity index (χ1n) is 11.8. The highest BCUT2D eigenvalue weighted by atomic mass is 32.1. The minimum absolute atomic E-state index is 0.0265. The maximum absolute atomic E-state index is 12.7. The number of nitrogens with zero attached hydrogens (tertiary/aromatic N) is 4. The molecule has 1 saturated heterocycles. The Labute approximate surface area is 218 Å². The number of nitro groups is 1. The molecule has 0 spiro atoms. The van der Waals surface area contributed by atoms with Crippen LogP contribution in [-0.4, -0.2) is 36.9 Å². The Hall–Kier alpha value is -4.57. The van der Waals surface area contributed by atoms with Crippen LogP contribution in [0.25, 0.3) is 5.69 Å². The molecule has 1 amide bonds. The van der Waals surface area contributed by atoms with Gasteiger partial charge in [0.1, 0.15) is 0 Å². The van der Waals surface area contributed by atoms with Crippen molar-refractivity contribution in [3.63, 3.8) is 0 Å².